The fourth-order valence-corrected chi connectivity index (χ4v) is 1.99. The van der Waals surface area contributed by atoms with Crippen molar-refractivity contribution in [2.24, 2.45) is 5.73 Å². The molecule has 0 radical (unpaired) electrons. The van der Waals surface area contributed by atoms with Gasteiger partial charge in [-0.1, -0.05) is 11.6 Å². The van der Waals surface area contributed by atoms with E-state index in [1.807, 2.05) is 0 Å². The summed E-state index contributed by atoms with van der Waals surface area (Å²) < 4.78 is 47.3. The normalized spacial score (nSPS) is 16.5. The molecule has 0 aliphatic carbocycles. The van der Waals surface area contributed by atoms with Crippen molar-refractivity contribution in [3.63, 3.8) is 0 Å². The Balaban J connectivity index is 2.26. The number of hydrogen-bond acceptors (Lipinski definition) is 3. The number of nitrogens with two attached hydrogens (primary N) is 1. The number of ether oxygens (including phenoxy) is 2. The Kier molecular flexibility index (Phi) is 3.59. The first-order chi connectivity index (χ1) is 8.37. The number of fused-ring (bicyclic) bond motifs is 1. The number of rotatable bonds is 2. The zero-order valence-electron chi connectivity index (χ0n) is 9.26. The van der Waals surface area contributed by atoms with Gasteiger partial charge in [-0.15, -0.1) is 0 Å². The highest BCUT2D eigenvalue weighted by Crippen LogP contribution is 2.40. The standard InChI is InChI=1S/C11H11ClF3NO2/c12-7-3-6(8(16)5-11(13,14)15)4-9-10(7)18-2-1-17-9/h3-4,8H,1-2,5,16H2/t8-/m1/s1. The fourth-order valence-electron chi connectivity index (χ4n) is 1.71. The van der Waals surface area contributed by atoms with Gasteiger partial charge in [0.2, 0.25) is 0 Å². The van der Waals surface area contributed by atoms with Crippen LogP contribution < -0.4 is 15.2 Å². The van der Waals surface area contributed by atoms with Gasteiger partial charge in [0.05, 0.1) is 11.4 Å². The second-order valence-corrected chi connectivity index (χ2v) is 4.36. The van der Waals surface area contributed by atoms with E-state index in [1.165, 1.54) is 12.1 Å². The van der Waals surface area contributed by atoms with Gasteiger partial charge in [0.15, 0.2) is 11.5 Å². The molecule has 1 heterocycles. The molecule has 1 aliphatic heterocycles. The maximum Gasteiger partial charge on any atom is 0.390 e. The lowest BCUT2D eigenvalue weighted by atomic mass is 10.0. The molecule has 1 aromatic rings. The molecule has 18 heavy (non-hydrogen) atoms. The topological polar surface area (TPSA) is 44.5 Å². The molecular formula is C11H11ClF3NO2. The molecule has 2 N–H and O–H groups in total. The molecule has 0 aromatic heterocycles. The van der Waals surface area contributed by atoms with Gasteiger partial charge in [0, 0.05) is 6.04 Å². The molecule has 0 bridgehead atoms. The minimum Gasteiger partial charge on any atom is -0.486 e. The highest BCUT2D eigenvalue weighted by molar-refractivity contribution is 6.32. The summed E-state index contributed by atoms with van der Waals surface area (Å²) in [6.07, 6.45) is -5.43. The Morgan fingerprint density at radius 1 is 1.28 bits per heavy atom. The van der Waals surface area contributed by atoms with Crippen LogP contribution in [0.25, 0.3) is 0 Å². The van der Waals surface area contributed by atoms with Crippen LogP contribution in [0.4, 0.5) is 13.2 Å². The van der Waals surface area contributed by atoms with Crippen LogP contribution in [0.15, 0.2) is 12.1 Å². The van der Waals surface area contributed by atoms with E-state index in [-0.39, 0.29) is 10.6 Å². The summed E-state index contributed by atoms with van der Waals surface area (Å²) in [6, 6.07) is 1.65. The number of alkyl halides is 3. The van der Waals surface area contributed by atoms with Crippen LogP contribution in [0.5, 0.6) is 11.5 Å². The molecular weight excluding hydrogens is 271 g/mol. The molecule has 3 nitrogen and oxygen atoms in total. The van der Waals surface area contributed by atoms with Crippen molar-refractivity contribution in [3.8, 4) is 11.5 Å². The number of halogens is 4. The third-order valence-corrected chi connectivity index (χ3v) is 2.78. The van der Waals surface area contributed by atoms with Crippen molar-refractivity contribution in [2.45, 2.75) is 18.6 Å². The average molecular weight is 282 g/mol. The minimum atomic E-state index is -4.32. The van der Waals surface area contributed by atoms with Crippen LogP contribution in [-0.4, -0.2) is 19.4 Å². The lowest BCUT2D eigenvalue weighted by Crippen LogP contribution is -2.21. The zero-order valence-corrected chi connectivity index (χ0v) is 10.0. The van der Waals surface area contributed by atoms with Gasteiger partial charge < -0.3 is 15.2 Å². The van der Waals surface area contributed by atoms with Gasteiger partial charge in [-0.2, -0.15) is 13.2 Å². The maximum atomic E-state index is 12.3. The lowest BCUT2D eigenvalue weighted by Gasteiger charge is -2.22. The van der Waals surface area contributed by atoms with E-state index >= 15 is 0 Å². The number of benzene rings is 1. The largest absolute Gasteiger partial charge is 0.486 e. The molecule has 100 valence electrons. The van der Waals surface area contributed by atoms with E-state index in [0.29, 0.717) is 24.7 Å². The van der Waals surface area contributed by atoms with Crippen LogP contribution in [0.1, 0.15) is 18.0 Å². The smallest absolute Gasteiger partial charge is 0.390 e. The highest BCUT2D eigenvalue weighted by atomic mass is 35.5. The maximum absolute atomic E-state index is 12.3. The van der Waals surface area contributed by atoms with Crippen LogP contribution in [0.3, 0.4) is 0 Å². The number of hydrogen-bond donors (Lipinski definition) is 1. The van der Waals surface area contributed by atoms with Crippen LogP contribution in [-0.2, 0) is 0 Å². The third kappa shape index (κ3) is 3.00. The summed E-state index contributed by atoms with van der Waals surface area (Å²) in [5, 5.41) is 0.208. The van der Waals surface area contributed by atoms with E-state index in [4.69, 9.17) is 26.8 Å². The summed E-state index contributed by atoms with van der Waals surface area (Å²) in [5.41, 5.74) is 5.79. The van der Waals surface area contributed by atoms with Crippen molar-refractivity contribution < 1.29 is 22.6 Å². The van der Waals surface area contributed by atoms with Crippen molar-refractivity contribution in [3.05, 3.63) is 22.7 Å². The van der Waals surface area contributed by atoms with E-state index in [9.17, 15) is 13.2 Å². The van der Waals surface area contributed by atoms with E-state index in [2.05, 4.69) is 0 Å². The third-order valence-electron chi connectivity index (χ3n) is 2.50. The highest BCUT2D eigenvalue weighted by Gasteiger charge is 2.31. The van der Waals surface area contributed by atoms with Crippen LogP contribution >= 0.6 is 11.6 Å². The molecule has 0 spiro atoms. The second-order valence-electron chi connectivity index (χ2n) is 3.95. The van der Waals surface area contributed by atoms with Crippen LogP contribution in [0.2, 0.25) is 5.02 Å². The molecule has 0 unspecified atom stereocenters. The van der Waals surface area contributed by atoms with Crippen molar-refractivity contribution in [1.29, 1.82) is 0 Å². The van der Waals surface area contributed by atoms with Gasteiger partial charge in [-0.05, 0) is 17.7 Å². The molecule has 2 rings (SSSR count). The summed E-state index contributed by atoms with van der Waals surface area (Å²) in [7, 11) is 0. The fraction of sp³-hybridized carbons (Fsp3) is 0.455. The van der Waals surface area contributed by atoms with Gasteiger partial charge in [0.1, 0.15) is 13.2 Å². The quantitative estimate of drug-likeness (QED) is 0.906. The average Bonchev–Trinajstić information content (AvgIpc) is 2.26. The zero-order chi connectivity index (χ0) is 13.3. The predicted molar refractivity (Wildman–Crippen MR) is 60.0 cm³/mol. The Morgan fingerprint density at radius 3 is 2.61 bits per heavy atom. The second kappa shape index (κ2) is 4.85. The van der Waals surface area contributed by atoms with Crippen molar-refractivity contribution in [2.75, 3.05) is 13.2 Å². The Hall–Kier alpha value is -1.14. The van der Waals surface area contributed by atoms with Crippen molar-refractivity contribution >= 4 is 11.6 Å². The molecule has 0 fully saturated rings. The first kappa shape index (κ1) is 13.3. The van der Waals surface area contributed by atoms with E-state index in [1.54, 1.807) is 0 Å². The summed E-state index contributed by atoms with van der Waals surface area (Å²) in [4.78, 5) is 0. The monoisotopic (exact) mass is 281 g/mol. The van der Waals surface area contributed by atoms with Crippen LogP contribution in [0, 0.1) is 0 Å². The van der Waals surface area contributed by atoms with Gasteiger partial charge in [-0.25, -0.2) is 0 Å². The first-order valence-corrected chi connectivity index (χ1v) is 5.66. The summed E-state index contributed by atoms with van der Waals surface area (Å²) >= 11 is 5.92. The van der Waals surface area contributed by atoms with Gasteiger partial charge in [0.25, 0.3) is 0 Å². The van der Waals surface area contributed by atoms with Crippen molar-refractivity contribution in [1.82, 2.24) is 0 Å². The van der Waals surface area contributed by atoms with E-state index < -0.39 is 18.6 Å². The lowest BCUT2D eigenvalue weighted by molar-refractivity contribution is -0.138. The summed E-state index contributed by atoms with van der Waals surface area (Å²) in [5.74, 6) is 0.687. The molecule has 0 saturated heterocycles. The predicted octanol–water partition coefficient (Wildman–Crippen LogP) is 3.06. The molecule has 1 aromatic carbocycles. The van der Waals surface area contributed by atoms with Gasteiger partial charge in [-0.3, -0.25) is 0 Å². The first-order valence-electron chi connectivity index (χ1n) is 5.28. The Bertz CT molecular complexity index is 451. The minimum absolute atomic E-state index is 0.208. The Morgan fingerprint density at radius 2 is 1.94 bits per heavy atom. The molecule has 0 amide bonds. The molecule has 1 aliphatic rings. The SMILES string of the molecule is N[C@H](CC(F)(F)F)c1cc(Cl)c2c(c1)OCCO2. The molecule has 7 heteroatoms. The van der Waals surface area contributed by atoms with Gasteiger partial charge >= 0.3 is 6.18 Å². The Labute approximate surface area is 107 Å². The summed E-state index contributed by atoms with van der Waals surface area (Å²) in [6.45, 7) is 0.696. The molecule has 1 atom stereocenters. The van der Waals surface area contributed by atoms with E-state index in [0.717, 1.165) is 0 Å². The molecule has 0 saturated carbocycles.